The van der Waals surface area contributed by atoms with Crippen molar-refractivity contribution in [3.8, 4) is 0 Å². The average molecular weight is 453 g/mol. The summed E-state index contributed by atoms with van der Waals surface area (Å²) < 4.78 is 0. The van der Waals surface area contributed by atoms with Gasteiger partial charge in [-0.25, -0.2) is 0 Å². The van der Waals surface area contributed by atoms with Crippen molar-refractivity contribution in [3.63, 3.8) is 0 Å². The van der Waals surface area contributed by atoms with Gasteiger partial charge in [0.2, 0.25) is 11.8 Å². The molecule has 0 radical (unpaired) electrons. The van der Waals surface area contributed by atoms with E-state index < -0.39 is 6.04 Å². The lowest BCUT2D eigenvalue weighted by molar-refractivity contribution is -0.139. The fourth-order valence-electron chi connectivity index (χ4n) is 3.05. The summed E-state index contributed by atoms with van der Waals surface area (Å²) >= 11 is 13.9. The molecule has 4 nitrogen and oxygen atoms in total. The van der Waals surface area contributed by atoms with E-state index in [9.17, 15) is 9.59 Å². The fourth-order valence-corrected chi connectivity index (χ4v) is 4.70. The highest BCUT2D eigenvalue weighted by Crippen LogP contribution is 2.28. The van der Waals surface area contributed by atoms with Crippen LogP contribution in [0.1, 0.15) is 30.0 Å². The molecule has 7 heteroatoms. The number of amides is 2. The quantitative estimate of drug-likeness (QED) is 0.576. The molecule has 0 unspecified atom stereocenters. The SMILES string of the molecule is CC[C@@H](C(=O)NC)N(Cc1ccccc1C)C(=O)CSCc1c(Cl)cccc1Cl. The molecule has 2 rings (SSSR count). The summed E-state index contributed by atoms with van der Waals surface area (Å²) in [6, 6.07) is 12.8. The first-order chi connectivity index (χ1) is 13.9. The Bertz CT molecular complexity index is 840. The number of rotatable bonds is 9. The average Bonchev–Trinajstić information content (AvgIpc) is 2.71. The lowest BCUT2D eigenvalue weighted by atomic mass is 10.1. The molecule has 0 heterocycles. The molecule has 0 aromatic heterocycles. The van der Waals surface area contributed by atoms with Crippen LogP contribution in [-0.2, 0) is 21.9 Å². The van der Waals surface area contributed by atoms with E-state index in [1.807, 2.05) is 38.1 Å². The number of hydrogen-bond acceptors (Lipinski definition) is 3. The predicted octanol–water partition coefficient (Wildman–Crippen LogP) is 5.09. The van der Waals surface area contributed by atoms with E-state index in [1.165, 1.54) is 11.8 Å². The van der Waals surface area contributed by atoms with Crippen LogP contribution in [0.5, 0.6) is 0 Å². The van der Waals surface area contributed by atoms with Gasteiger partial charge in [0.25, 0.3) is 0 Å². The third-order valence-electron chi connectivity index (χ3n) is 4.77. The summed E-state index contributed by atoms with van der Waals surface area (Å²) in [6.45, 7) is 4.31. The second-order valence-electron chi connectivity index (χ2n) is 6.68. The Morgan fingerprint density at radius 3 is 2.34 bits per heavy atom. The van der Waals surface area contributed by atoms with E-state index in [2.05, 4.69) is 5.32 Å². The van der Waals surface area contributed by atoms with Gasteiger partial charge < -0.3 is 10.2 Å². The van der Waals surface area contributed by atoms with Crippen LogP contribution < -0.4 is 5.32 Å². The highest BCUT2D eigenvalue weighted by molar-refractivity contribution is 7.99. The topological polar surface area (TPSA) is 49.4 Å². The molecule has 0 aliphatic carbocycles. The van der Waals surface area contributed by atoms with Gasteiger partial charge in [0.15, 0.2) is 0 Å². The number of hydrogen-bond donors (Lipinski definition) is 1. The Kier molecular flexibility index (Phi) is 9.34. The zero-order valence-corrected chi connectivity index (χ0v) is 19.2. The van der Waals surface area contributed by atoms with Crippen molar-refractivity contribution >= 4 is 46.8 Å². The van der Waals surface area contributed by atoms with Crippen LogP contribution in [0.25, 0.3) is 0 Å². The summed E-state index contributed by atoms with van der Waals surface area (Å²) in [7, 11) is 1.59. The van der Waals surface area contributed by atoms with Crippen LogP contribution in [0.3, 0.4) is 0 Å². The van der Waals surface area contributed by atoms with E-state index in [0.717, 1.165) is 16.7 Å². The first kappa shape index (κ1) is 23.6. The van der Waals surface area contributed by atoms with Crippen LogP contribution in [0, 0.1) is 6.92 Å². The molecule has 29 heavy (non-hydrogen) atoms. The highest BCUT2D eigenvalue weighted by Gasteiger charge is 2.28. The maximum Gasteiger partial charge on any atom is 0.242 e. The minimum absolute atomic E-state index is 0.0862. The zero-order valence-electron chi connectivity index (χ0n) is 16.9. The van der Waals surface area contributed by atoms with Gasteiger partial charge in [-0.15, -0.1) is 11.8 Å². The van der Waals surface area contributed by atoms with Gasteiger partial charge in [0, 0.05) is 29.4 Å². The number of nitrogens with zero attached hydrogens (tertiary/aromatic N) is 1. The molecule has 2 aromatic carbocycles. The van der Waals surface area contributed by atoms with Crippen molar-refractivity contribution in [1.82, 2.24) is 10.2 Å². The summed E-state index contributed by atoms with van der Waals surface area (Å²) in [5, 5.41) is 3.85. The Morgan fingerprint density at radius 2 is 1.76 bits per heavy atom. The van der Waals surface area contributed by atoms with Gasteiger partial charge in [-0.2, -0.15) is 0 Å². The lowest BCUT2D eigenvalue weighted by Crippen LogP contribution is -2.48. The van der Waals surface area contributed by atoms with Crippen LogP contribution >= 0.6 is 35.0 Å². The Balaban J connectivity index is 2.15. The van der Waals surface area contributed by atoms with Crippen LogP contribution in [0.4, 0.5) is 0 Å². The van der Waals surface area contributed by atoms with Gasteiger partial charge in [-0.3, -0.25) is 9.59 Å². The number of benzene rings is 2. The first-order valence-corrected chi connectivity index (χ1v) is 11.4. The lowest BCUT2D eigenvalue weighted by Gasteiger charge is -2.30. The molecule has 2 aromatic rings. The van der Waals surface area contributed by atoms with E-state index in [1.54, 1.807) is 30.1 Å². The molecule has 0 fully saturated rings. The number of aryl methyl sites for hydroxylation is 1. The maximum absolute atomic E-state index is 13.1. The third kappa shape index (κ3) is 6.39. The molecular weight excluding hydrogens is 427 g/mol. The molecule has 0 aliphatic heterocycles. The molecule has 0 saturated heterocycles. The summed E-state index contributed by atoms with van der Waals surface area (Å²) in [4.78, 5) is 27.2. The van der Waals surface area contributed by atoms with Crippen molar-refractivity contribution in [2.75, 3.05) is 12.8 Å². The number of halogens is 2. The molecule has 0 saturated carbocycles. The van der Waals surface area contributed by atoms with Crippen molar-refractivity contribution < 1.29 is 9.59 Å². The first-order valence-electron chi connectivity index (χ1n) is 9.45. The van der Waals surface area contributed by atoms with E-state index in [-0.39, 0.29) is 17.6 Å². The van der Waals surface area contributed by atoms with Gasteiger partial charge in [-0.1, -0.05) is 60.5 Å². The summed E-state index contributed by atoms with van der Waals surface area (Å²) in [5.41, 5.74) is 2.94. The molecule has 0 spiro atoms. The molecule has 156 valence electrons. The van der Waals surface area contributed by atoms with Crippen LogP contribution in [0.15, 0.2) is 42.5 Å². The smallest absolute Gasteiger partial charge is 0.242 e. The van der Waals surface area contributed by atoms with Crippen molar-refractivity contribution in [2.24, 2.45) is 0 Å². The predicted molar refractivity (Wildman–Crippen MR) is 122 cm³/mol. The summed E-state index contributed by atoms with van der Waals surface area (Å²) in [6.07, 6.45) is 0.540. The molecule has 2 amide bonds. The van der Waals surface area contributed by atoms with Gasteiger partial charge in [0.05, 0.1) is 5.75 Å². The number of likely N-dealkylation sites (N-methyl/N-ethyl adjacent to an activating group) is 1. The van der Waals surface area contributed by atoms with E-state index >= 15 is 0 Å². The van der Waals surface area contributed by atoms with Crippen LogP contribution in [-0.4, -0.2) is 35.6 Å². The van der Waals surface area contributed by atoms with Crippen LogP contribution in [0.2, 0.25) is 10.0 Å². The van der Waals surface area contributed by atoms with Crippen molar-refractivity contribution in [2.45, 2.75) is 38.6 Å². The second-order valence-corrected chi connectivity index (χ2v) is 8.48. The molecular formula is C22H26Cl2N2O2S. The van der Waals surface area contributed by atoms with Gasteiger partial charge >= 0.3 is 0 Å². The second kappa shape index (κ2) is 11.5. The highest BCUT2D eigenvalue weighted by atomic mass is 35.5. The number of thioether (sulfide) groups is 1. The zero-order chi connectivity index (χ0) is 21.4. The minimum atomic E-state index is -0.517. The normalized spacial score (nSPS) is 11.8. The van der Waals surface area contributed by atoms with Gasteiger partial charge in [0.1, 0.15) is 6.04 Å². The maximum atomic E-state index is 13.1. The van der Waals surface area contributed by atoms with Gasteiger partial charge in [-0.05, 0) is 42.2 Å². The molecule has 1 atom stereocenters. The molecule has 0 aliphatic rings. The Hall–Kier alpha value is -1.69. The number of nitrogens with one attached hydrogen (secondary N) is 1. The fraction of sp³-hybridized carbons (Fsp3) is 0.364. The van der Waals surface area contributed by atoms with Crippen molar-refractivity contribution in [3.05, 3.63) is 69.2 Å². The summed E-state index contributed by atoms with van der Waals surface area (Å²) in [5.74, 6) is 0.519. The Labute approximate surface area is 187 Å². The van der Waals surface area contributed by atoms with E-state index in [0.29, 0.717) is 28.8 Å². The Morgan fingerprint density at radius 1 is 1.10 bits per heavy atom. The molecule has 1 N–H and O–H groups in total. The minimum Gasteiger partial charge on any atom is -0.357 e. The number of carbonyl (C=O) groups is 2. The third-order valence-corrected chi connectivity index (χ3v) is 6.42. The van der Waals surface area contributed by atoms with Crippen molar-refractivity contribution in [1.29, 1.82) is 0 Å². The molecule has 0 bridgehead atoms. The standard InChI is InChI=1S/C22H26Cl2N2O2S/c1-4-20(22(28)25-3)26(12-16-9-6-5-8-15(16)2)21(27)14-29-13-17-18(23)10-7-11-19(17)24/h5-11,20H,4,12-14H2,1-3H3,(H,25,28)/t20-/m0/s1. The number of carbonyl (C=O) groups excluding carboxylic acids is 2. The monoisotopic (exact) mass is 452 g/mol. The van der Waals surface area contributed by atoms with E-state index in [4.69, 9.17) is 23.2 Å². The largest absolute Gasteiger partial charge is 0.357 e.